The van der Waals surface area contributed by atoms with Crippen molar-refractivity contribution in [2.75, 3.05) is 6.61 Å². The number of benzene rings is 2. The zero-order valence-electron chi connectivity index (χ0n) is 14.7. The van der Waals surface area contributed by atoms with Crippen molar-refractivity contribution in [3.63, 3.8) is 0 Å². The van der Waals surface area contributed by atoms with Crippen LogP contribution in [0.5, 0.6) is 5.75 Å². The van der Waals surface area contributed by atoms with E-state index in [0.717, 1.165) is 16.9 Å². The highest BCUT2D eigenvalue weighted by molar-refractivity contribution is 7.89. The average molecular weight is 347 g/mol. The molecule has 4 nitrogen and oxygen atoms in total. The number of rotatable bonds is 7. The summed E-state index contributed by atoms with van der Waals surface area (Å²) < 4.78 is 33.8. The molecule has 0 saturated heterocycles. The van der Waals surface area contributed by atoms with E-state index in [1.165, 1.54) is 0 Å². The fraction of sp³-hybridized carbons (Fsp3) is 0.368. The van der Waals surface area contributed by atoms with Gasteiger partial charge in [-0.3, -0.25) is 0 Å². The second-order valence-electron chi connectivity index (χ2n) is 6.05. The lowest BCUT2D eigenvalue weighted by Crippen LogP contribution is -2.24. The molecule has 0 atom stereocenters. The third kappa shape index (κ3) is 4.36. The van der Waals surface area contributed by atoms with Gasteiger partial charge in [0.2, 0.25) is 10.0 Å². The van der Waals surface area contributed by atoms with E-state index in [-0.39, 0.29) is 12.5 Å². The summed E-state index contributed by atoms with van der Waals surface area (Å²) in [6.07, 6.45) is 0. The predicted octanol–water partition coefficient (Wildman–Crippen LogP) is 4.00. The minimum absolute atomic E-state index is 0.176. The fourth-order valence-corrected chi connectivity index (χ4v) is 3.83. The summed E-state index contributed by atoms with van der Waals surface area (Å²) in [5, 5.41) is 0. The molecule has 2 aromatic rings. The van der Waals surface area contributed by atoms with Gasteiger partial charge in [-0.05, 0) is 48.6 Å². The molecule has 24 heavy (non-hydrogen) atoms. The number of ether oxygens (including phenoxy) is 1. The van der Waals surface area contributed by atoms with Gasteiger partial charge in [0.05, 0.1) is 11.5 Å². The Morgan fingerprint density at radius 2 is 1.79 bits per heavy atom. The van der Waals surface area contributed by atoms with Gasteiger partial charge in [-0.2, -0.15) is 0 Å². The first-order valence-corrected chi connectivity index (χ1v) is 9.64. The molecule has 0 fully saturated rings. The maximum absolute atomic E-state index is 12.7. The third-order valence-corrected chi connectivity index (χ3v) is 5.37. The minimum atomic E-state index is -3.58. The second-order valence-corrected chi connectivity index (χ2v) is 7.79. The van der Waals surface area contributed by atoms with Crippen LogP contribution in [-0.4, -0.2) is 15.0 Å². The first-order chi connectivity index (χ1) is 11.3. The number of aryl methyl sites for hydroxylation is 1. The molecule has 0 spiro atoms. The van der Waals surface area contributed by atoms with Crippen LogP contribution in [0.1, 0.15) is 43.4 Å². The molecule has 1 N–H and O–H groups in total. The predicted molar refractivity (Wildman–Crippen MR) is 96.9 cm³/mol. The highest BCUT2D eigenvalue weighted by Gasteiger charge is 2.20. The first kappa shape index (κ1) is 18.5. The van der Waals surface area contributed by atoms with Crippen LogP contribution in [-0.2, 0) is 16.6 Å². The number of sulfonamides is 1. The summed E-state index contributed by atoms with van der Waals surface area (Å²) in [5.74, 6) is 0.933. The normalized spacial score (nSPS) is 11.7. The molecule has 0 bridgehead atoms. The van der Waals surface area contributed by atoms with E-state index >= 15 is 0 Å². The molecule has 0 aromatic heterocycles. The molecule has 0 unspecified atom stereocenters. The lowest BCUT2D eigenvalue weighted by molar-refractivity contribution is 0.334. The van der Waals surface area contributed by atoms with Gasteiger partial charge in [-0.15, -0.1) is 0 Å². The van der Waals surface area contributed by atoms with Crippen LogP contribution in [0.2, 0.25) is 0 Å². The van der Waals surface area contributed by atoms with Crippen LogP contribution in [0.4, 0.5) is 0 Å². The Morgan fingerprint density at radius 1 is 1.12 bits per heavy atom. The van der Waals surface area contributed by atoms with Crippen molar-refractivity contribution < 1.29 is 13.2 Å². The van der Waals surface area contributed by atoms with Gasteiger partial charge in [-0.25, -0.2) is 13.1 Å². The standard InChI is InChI=1S/C19H25NO3S/c1-5-23-18-11-15(4)19(12-17(18)14(2)3)24(21,22)20-13-16-9-7-6-8-10-16/h6-12,14,20H,5,13H2,1-4H3. The van der Waals surface area contributed by atoms with Gasteiger partial charge in [0.25, 0.3) is 0 Å². The monoisotopic (exact) mass is 347 g/mol. The molecule has 0 saturated carbocycles. The van der Waals surface area contributed by atoms with Crippen molar-refractivity contribution in [2.24, 2.45) is 0 Å². The number of hydrogen-bond acceptors (Lipinski definition) is 3. The molecule has 130 valence electrons. The summed E-state index contributed by atoms with van der Waals surface area (Å²) in [6.45, 7) is 8.60. The van der Waals surface area contributed by atoms with Crippen molar-refractivity contribution in [1.82, 2.24) is 4.72 Å². The summed E-state index contributed by atoms with van der Waals surface area (Å²) in [5.41, 5.74) is 2.51. The molecule has 0 aliphatic heterocycles. The summed E-state index contributed by atoms with van der Waals surface area (Å²) in [7, 11) is -3.58. The molecule has 0 heterocycles. The van der Waals surface area contributed by atoms with Gasteiger partial charge in [0, 0.05) is 6.54 Å². The van der Waals surface area contributed by atoms with Crippen molar-refractivity contribution in [3.8, 4) is 5.75 Å². The SMILES string of the molecule is CCOc1cc(C)c(S(=O)(=O)NCc2ccccc2)cc1C(C)C. The van der Waals surface area contributed by atoms with Gasteiger partial charge < -0.3 is 4.74 Å². The van der Waals surface area contributed by atoms with E-state index in [2.05, 4.69) is 4.72 Å². The molecule has 2 rings (SSSR count). The van der Waals surface area contributed by atoms with E-state index in [9.17, 15) is 8.42 Å². The molecular formula is C19H25NO3S. The van der Waals surface area contributed by atoms with E-state index in [0.29, 0.717) is 17.1 Å². The summed E-state index contributed by atoms with van der Waals surface area (Å²) in [6, 6.07) is 13.0. The van der Waals surface area contributed by atoms with Crippen LogP contribution in [0.3, 0.4) is 0 Å². The zero-order valence-corrected chi connectivity index (χ0v) is 15.5. The minimum Gasteiger partial charge on any atom is -0.494 e. The maximum atomic E-state index is 12.7. The third-order valence-electron chi connectivity index (χ3n) is 3.83. The van der Waals surface area contributed by atoms with E-state index in [1.807, 2.05) is 57.2 Å². The van der Waals surface area contributed by atoms with Crippen molar-refractivity contribution in [1.29, 1.82) is 0 Å². The van der Waals surface area contributed by atoms with E-state index in [4.69, 9.17) is 4.74 Å². The molecule has 0 radical (unpaired) electrons. The quantitative estimate of drug-likeness (QED) is 0.824. The molecule has 0 aliphatic rings. The Hall–Kier alpha value is -1.85. The fourth-order valence-electron chi connectivity index (χ4n) is 2.55. The molecule has 5 heteroatoms. The Balaban J connectivity index is 2.33. The molecule has 2 aromatic carbocycles. The second kappa shape index (κ2) is 7.81. The zero-order chi connectivity index (χ0) is 17.7. The lowest BCUT2D eigenvalue weighted by Gasteiger charge is -2.17. The van der Waals surface area contributed by atoms with Gasteiger partial charge >= 0.3 is 0 Å². The average Bonchev–Trinajstić information content (AvgIpc) is 2.54. The number of nitrogens with one attached hydrogen (secondary N) is 1. The maximum Gasteiger partial charge on any atom is 0.241 e. The molecule has 0 amide bonds. The Morgan fingerprint density at radius 3 is 2.38 bits per heavy atom. The lowest BCUT2D eigenvalue weighted by atomic mass is 10.0. The van der Waals surface area contributed by atoms with Crippen molar-refractivity contribution in [2.45, 2.75) is 45.1 Å². The van der Waals surface area contributed by atoms with Gasteiger partial charge in [0.1, 0.15) is 5.75 Å². The van der Waals surface area contributed by atoms with Crippen LogP contribution in [0.15, 0.2) is 47.4 Å². The topological polar surface area (TPSA) is 55.4 Å². The molecule has 0 aliphatic carbocycles. The van der Waals surface area contributed by atoms with Gasteiger partial charge in [-0.1, -0.05) is 44.2 Å². The van der Waals surface area contributed by atoms with Crippen LogP contribution >= 0.6 is 0 Å². The Kier molecular flexibility index (Phi) is 6.02. The number of hydrogen-bond donors (Lipinski definition) is 1. The Bertz CT molecular complexity index is 784. The smallest absolute Gasteiger partial charge is 0.241 e. The molecular weight excluding hydrogens is 322 g/mol. The highest BCUT2D eigenvalue weighted by Crippen LogP contribution is 2.31. The van der Waals surface area contributed by atoms with Crippen LogP contribution in [0, 0.1) is 6.92 Å². The van der Waals surface area contributed by atoms with E-state index < -0.39 is 10.0 Å². The van der Waals surface area contributed by atoms with Crippen LogP contribution in [0.25, 0.3) is 0 Å². The van der Waals surface area contributed by atoms with Gasteiger partial charge in [0.15, 0.2) is 0 Å². The van der Waals surface area contributed by atoms with Crippen molar-refractivity contribution >= 4 is 10.0 Å². The van der Waals surface area contributed by atoms with E-state index in [1.54, 1.807) is 13.0 Å². The Labute approximate surface area is 144 Å². The first-order valence-electron chi connectivity index (χ1n) is 8.16. The van der Waals surface area contributed by atoms with Crippen LogP contribution < -0.4 is 9.46 Å². The van der Waals surface area contributed by atoms with Crippen molar-refractivity contribution in [3.05, 3.63) is 59.2 Å². The summed E-state index contributed by atoms with van der Waals surface area (Å²) >= 11 is 0. The summed E-state index contributed by atoms with van der Waals surface area (Å²) in [4.78, 5) is 0.311. The largest absolute Gasteiger partial charge is 0.494 e. The highest BCUT2D eigenvalue weighted by atomic mass is 32.2.